The van der Waals surface area contributed by atoms with Gasteiger partial charge in [-0.2, -0.15) is 9.78 Å². The molecule has 2 aromatic heterocycles. The Morgan fingerprint density at radius 2 is 1.76 bits per heavy atom. The molecule has 0 aliphatic carbocycles. The maximum Gasteiger partial charge on any atom is 0.292 e. The number of rotatable bonds is 6. The van der Waals surface area contributed by atoms with Crippen LogP contribution in [0.5, 0.6) is 5.75 Å². The predicted octanol–water partition coefficient (Wildman–Crippen LogP) is 2.13. The van der Waals surface area contributed by atoms with Crippen molar-refractivity contribution in [2.45, 2.75) is 58.9 Å². The molecule has 0 radical (unpaired) electrons. The second-order valence-corrected chi connectivity index (χ2v) is 11.3. The Morgan fingerprint density at radius 3 is 2.32 bits per heavy atom. The van der Waals surface area contributed by atoms with E-state index >= 15 is 0 Å². The van der Waals surface area contributed by atoms with E-state index in [4.69, 9.17) is 15.1 Å². The molecule has 1 amide bonds. The first-order valence-corrected chi connectivity index (χ1v) is 12.4. The number of nitrogen functional groups attached to an aromatic ring is 1. The number of hydrazone groups is 1. The van der Waals surface area contributed by atoms with Gasteiger partial charge < -0.3 is 15.6 Å². The first-order valence-electron chi connectivity index (χ1n) is 12.4. The molecule has 13 nitrogen and oxygen atoms in total. The zero-order valence-corrected chi connectivity index (χ0v) is 22.6. The Hall–Kier alpha value is -3.84. The fourth-order valence-corrected chi connectivity index (χ4v) is 4.20. The Balaban J connectivity index is 1.64. The summed E-state index contributed by atoms with van der Waals surface area (Å²) in [5, 5.41) is 30.8. The summed E-state index contributed by atoms with van der Waals surface area (Å²) in [4.78, 5) is 15.5. The molecule has 1 fully saturated rings. The first-order chi connectivity index (χ1) is 17.9. The first kappa shape index (κ1) is 27.2. The number of phenols is 1. The van der Waals surface area contributed by atoms with Crippen LogP contribution >= 0.6 is 0 Å². The molecule has 4 N–H and O–H groups in total. The van der Waals surface area contributed by atoms with Crippen molar-refractivity contribution in [1.29, 1.82) is 0 Å². The van der Waals surface area contributed by atoms with Gasteiger partial charge in [-0.1, -0.05) is 46.8 Å². The number of carbonyl (C=O) groups is 1. The van der Waals surface area contributed by atoms with Crippen LogP contribution in [0.25, 0.3) is 5.82 Å². The lowest BCUT2D eigenvalue weighted by Crippen LogP contribution is -2.36. The van der Waals surface area contributed by atoms with Crippen LogP contribution < -0.4 is 11.2 Å². The molecule has 1 aromatic carbocycles. The van der Waals surface area contributed by atoms with Gasteiger partial charge >= 0.3 is 0 Å². The maximum absolute atomic E-state index is 13.4. The highest BCUT2D eigenvalue weighted by Gasteiger charge is 2.28. The third-order valence-electron chi connectivity index (χ3n) is 6.26. The molecular weight excluding hydrogens is 490 g/mol. The van der Waals surface area contributed by atoms with E-state index in [1.807, 2.05) is 53.7 Å². The summed E-state index contributed by atoms with van der Waals surface area (Å²) in [5.41, 5.74) is 10.7. The van der Waals surface area contributed by atoms with Crippen molar-refractivity contribution in [3.63, 3.8) is 0 Å². The number of aromatic nitrogens is 5. The Bertz CT molecular complexity index is 1290. The van der Waals surface area contributed by atoms with Crippen LogP contribution in [0, 0.1) is 0 Å². The van der Waals surface area contributed by atoms with Crippen molar-refractivity contribution < 1.29 is 19.3 Å². The minimum Gasteiger partial charge on any atom is -0.507 e. The molecule has 0 spiro atoms. The van der Waals surface area contributed by atoms with Gasteiger partial charge in [0, 0.05) is 30.8 Å². The predicted molar refractivity (Wildman–Crippen MR) is 140 cm³/mol. The van der Waals surface area contributed by atoms with Crippen molar-refractivity contribution in [3.05, 3.63) is 40.2 Å². The van der Waals surface area contributed by atoms with E-state index in [1.54, 1.807) is 6.21 Å². The summed E-state index contributed by atoms with van der Waals surface area (Å²) in [7, 11) is 0. The molecule has 38 heavy (non-hydrogen) atoms. The van der Waals surface area contributed by atoms with Crippen molar-refractivity contribution in [2.24, 2.45) is 5.10 Å². The summed E-state index contributed by atoms with van der Waals surface area (Å²) in [6.45, 7) is 15.2. The molecule has 3 aromatic rings. The zero-order valence-electron chi connectivity index (χ0n) is 22.6. The quantitative estimate of drug-likeness (QED) is 0.320. The lowest BCUT2D eigenvalue weighted by Gasteiger charge is -2.27. The Labute approximate surface area is 221 Å². The molecule has 3 heterocycles. The molecular formula is C25H35N9O4. The van der Waals surface area contributed by atoms with Crippen LogP contribution in [0.4, 0.5) is 5.82 Å². The van der Waals surface area contributed by atoms with Crippen molar-refractivity contribution in [1.82, 2.24) is 35.6 Å². The molecule has 4 rings (SSSR count). The van der Waals surface area contributed by atoms with Gasteiger partial charge in [-0.3, -0.25) is 9.69 Å². The standard InChI is InChI=1S/C25H35N9O4/c1-24(2,3)16-11-15(12-17(20(16)35)25(4,5)6)13-27-29-23(36)19-18(14-33-7-9-37-10-8-33)28-32-34(19)22-21(26)30-38-31-22/h11-13,35H,7-10,14H2,1-6H3,(H2,26,30)(H,29,36). The summed E-state index contributed by atoms with van der Waals surface area (Å²) in [6, 6.07) is 3.75. The average molecular weight is 526 g/mol. The van der Waals surface area contributed by atoms with Crippen molar-refractivity contribution in [3.8, 4) is 11.6 Å². The number of carbonyl (C=O) groups excluding carboxylic acids is 1. The molecule has 1 aliphatic heterocycles. The highest BCUT2D eigenvalue weighted by Crippen LogP contribution is 2.39. The van der Waals surface area contributed by atoms with Gasteiger partial charge in [0.1, 0.15) is 11.4 Å². The Morgan fingerprint density at radius 1 is 1.13 bits per heavy atom. The van der Waals surface area contributed by atoms with Gasteiger partial charge in [-0.05, 0) is 38.8 Å². The molecule has 0 atom stereocenters. The van der Waals surface area contributed by atoms with Gasteiger partial charge in [0.25, 0.3) is 5.91 Å². The normalized spacial score (nSPS) is 15.3. The number of morpholine rings is 1. The number of nitrogens with zero attached hydrogens (tertiary/aromatic N) is 7. The fraction of sp³-hybridized carbons (Fsp3) is 0.520. The fourth-order valence-electron chi connectivity index (χ4n) is 4.20. The highest BCUT2D eigenvalue weighted by atomic mass is 16.6. The number of ether oxygens (including phenoxy) is 1. The van der Waals surface area contributed by atoms with E-state index < -0.39 is 5.91 Å². The SMILES string of the molecule is CC(C)(C)c1cc(C=NNC(=O)c2c(CN3CCOCC3)nnn2-c2nonc2N)cc(C(C)(C)C)c1O. The molecule has 0 unspecified atom stereocenters. The number of hydrogen-bond acceptors (Lipinski definition) is 11. The number of nitrogens with two attached hydrogens (primary N) is 1. The molecule has 1 aliphatic rings. The number of nitrogens with one attached hydrogen (secondary N) is 1. The number of phenolic OH excluding ortho intramolecular Hbond substituents is 1. The summed E-state index contributed by atoms with van der Waals surface area (Å²) >= 11 is 0. The van der Waals surface area contributed by atoms with Crippen LogP contribution in [0.2, 0.25) is 0 Å². The minimum atomic E-state index is -0.553. The monoisotopic (exact) mass is 525 g/mol. The lowest BCUT2D eigenvalue weighted by atomic mass is 9.78. The molecule has 204 valence electrons. The third-order valence-corrected chi connectivity index (χ3v) is 6.26. The van der Waals surface area contributed by atoms with Gasteiger partial charge in [0.15, 0.2) is 5.69 Å². The largest absolute Gasteiger partial charge is 0.507 e. The number of aromatic hydroxyl groups is 1. The van der Waals surface area contributed by atoms with Crippen LogP contribution in [-0.2, 0) is 22.1 Å². The van der Waals surface area contributed by atoms with E-state index in [-0.39, 0.29) is 33.9 Å². The lowest BCUT2D eigenvalue weighted by molar-refractivity contribution is 0.0335. The second-order valence-electron chi connectivity index (χ2n) is 11.3. The van der Waals surface area contributed by atoms with E-state index in [2.05, 4.69) is 36.1 Å². The van der Waals surface area contributed by atoms with E-state index in [9.17, 15) is 9.90 Å². The smallest absolute Gasteiger partial charge is 0.292 e. The molecule has 13 heteroatoms. The van der Waals surface area contributed by atoms with E-state index in [1.165, 1.54) is 4.68 Å². The summed E-state index contributed by atoms with van der Waals surface area (Å²) < 4.78 is 11.3. The van der Waals surface area contributed by atoms with Crippen LogP contribution in [-0.4, -0.2) is 73.7 Å². The second kappa shape index (κ2) is 10.5. The van der Waals surface area contributed by atoms with Crippen LogP contribution in [0.3, 0.4) is 0 Å². The molecule has 0 bridgehead atoms. The van der Waals surface area contributed by atoms with Gasteiger partial charge in [0.2, 0.25) is 11.6 Å². The maximum atomic E-state index is 13.4. The Kier molecular flexibility index (Phi) is 7.51. The number of anilines is 1. The molecule has 0 saturated carbocycles. The van der Waals surface area contributed by atoms with E-state index in [0.29, 0.717) is 38.5 Å². The zero-order chi connectivity index (χ0) is 27.7. The number of hydrogen-bond donors (Lipinski definition) is 3. The van der Waals surface area contributed by atoms with Crippen LogP contribution in [0.1, 0.15) is 74.4 Å². The van der Waals surface area contributed by atoms with Gasteiger partial charge in [-0.15, -0.1) is 5.10 Å². The third kappa shape index (κ3) is 5.83. The van der Waals surface area contributed by atoms with Gasteiger partial charge in [-0.25, -0.2) is 10.1 Å². The summed E-state index contributed by atoms with van der Waals surface area (Å²) in [6.07, 6.45) is 1.55. The highest BCUT2D eigenvalue weighted by molar-refractivity contribution is 5.95. The number of amides is 1. The van der Waals surface area contributed by atoms with Crippen molar-refractivity contribution in [2.75, 3.05) is 32.0 Å². The van der Waals surface area contributed by atoms with Crippen LogP contribution in [0.15, 0.2) is 21.9 Å². The topological polar surface area (TPSA) is 170 Å². The van der Waals surface area contributed by atoms with Crippen molar-refractivity contribution >= 4 is 17.9 Å². The average Bonchev–Trinajstić information content (AvgIpc) is 3.44. The minimum absolute atomic E-state index is 0.0288. The van der Waals surface area contributed by atoms with E-state index in [0.717, 1.165) is 16.7 Å². The van der Waals surface area contributed by atoms with Gasteiger partial charge in [0.05, 0.1) is 19.4 Å². The molecule has 1 saturated heterocycles. The summed E-state index contributed by atoms with van der Waals surface area (Å²) in [5.74, 6) is -0.252. The number of benzene rings is 1.